The van der Waals surface area contributed by atoms with Crippen LogP contribution in [0.1, 0.15) is 26.6 Å². The van der Waals surface area contributed by atoms with Gasteiger partial charge in [-0.15, -0.1) is 0 Å². The fourth-order valence-corrected chi connectivity index (χ4v) is 1.60. The highest BCUT2D eigenvalue weighted by Crippen LogP contribution is 2.14. The van der Waals surface area contributed by atoms with Gasteiger partial charge in [0.1, 0.15) is 5.82 Å². The highest BCUT2D eigenvalue weighted by Gasteiger charge is 2.25. The highest BCUT2D eigenvalue weighted by molar-refractivity contribution is 9.10. The zero-order chi connectivity index (χ0) is 13.1. The fraction of sp³-hybridized carbons (Fsp3) is 0.545. The minimum absolute atomic E-state index is 0.389. The van der Waals surface area contributed by atoms with Gasteiger partial charge in [0.05, 0.1) is 4.47 Å². The molecule has 6 heteroatoms. The number of nitrogens with zero attached hydrogens (tertiary/aromatic N) is 3. The average molecular weight is 302 g/mol. The molecule has 0 bridgehead atoms. The van der Waals surface area contributed by atoms with Crippen molar-refractivity contribution >= 4 is 22.0 Å². The van der Waals surface area contributed by atoms with Gasteiger partial charge in [-0.25, -0.2) is 14.8 Å². The van der Waals surface area contributed by atoms with Crippen molar-refractivity contribution in [1.29, 1.82) is 0 Å². The summed E-state index contributed by atoms with van der Waals surface area (Å²) in [5.41, 5.74) is -0.415. The van der Waals surface area contributed by atoms with Crippen LogP contribution in [-0.2, 0) is 6.42 Å². The Kier molecular flexibility index (Phi) is 4.45. The Balaban J connectivity index is 2.65. The predicted octanol–water partition coefficient (Wildman–Crippen LogP) is 2.56. The Hall–Kier alpha value is -1.17. The number of halogens is 1. The normalized spacial score (nSPS) is 11.3. The molecule has 0 spiro atoms. The second-order valence-electron chi connectivity index (χ2n) is 4.67. The monoisotopic (exact) mass is 301 g/mol. The lowest BCUT2D eigenvalue weighted by atomic mass is 10.1. The Morgan fingerprint density at radius 2 is 1.94 bits per heavy atom. The molecule has 1 aromatic heterocycles. The molecule has 1 heterocycles. The topological polar surface area (TPSA) is 66.3 Å². The van der Waals surface area contributed by atoms with E-state index >= 15 is 0 Å². The molecule has 0 saturated heterocycles. The number of hydrogen-bond donors (Lipinski definition) is 1. The second-order valence-corrected chi connectivity index (χ2v) is 5.59. The van der Waals surface area contributed by atoms with Crippen LogP contribution in [-0.4, -0.2) is 38.2 Å². The Bertz CT molecular complexity index is 387. The number of hydrogen-bond acceptors (Lipinski definition) is 3. The van der Waals surface area contributed by atoms with E-state index in [2.05, 4.69) is 25.9 Å². The van der Waals surface area contributed by atoms with Crippen molar-refractivity contribution < 1.29 is 9.90 Å². The van der Waals surface area contributed by atoms with E-state index in [1.165, 1.54) is 4.90 Å². The van der Waals surface area contributed by atoms with Crippen molar-refractivity contribution in [2.45, 2.75) is 32.7 Å². The first-order valence-corrected chi connectivity index (χ1v) is 6.07. The molecule has 1 aromatic rings. The lowest BCUT2D eigenvalue weighted by molar-refractivity contribution is 0.101. The van der Waals surface area contributed by atoms with Gasteiger partial charge >= 0.3 is 6.09 Å². The van der Waals surface area contributed by atoms with Crippen LogP contribution in [0, 0.1) is 0 Å². The Morgan fingerprint density at radius 3 is 2.35 bits per heavy atom. The lowest BCUT2D eigenvalue weighted by Gasteiger charge is -2.32. The van der Waals surface area contributed by atoms with E-state index in [0.29, 0.717) is 18.8 Å². The molecule has 1 rings (SSSR count). The zero-order valence-electron chi connectivity index (χ0n) is 10.1. The van der Waals surface area contributed by atoms with Crippen LogP contribution in [0.2, 0.25) is 0 Å². The summed E-state index contributed by atoms with van der Waals surface area (Å²) in [6.45, 7) is 5.98. The van der Waals surface area contributed by atoms with Gasteiger partial charge in [0.2, 0.25) is 0 Å². The average Bonchev–Trinajstić information content (AvgIpc) is 2.18. The fourth-order valence-electron chi connectivity index (χ4n) is 1.40. The van der Waals surface area contributed by atoms with Gasteiger partial charge in [0.25, 0.3) is 0 Å². The predicted molar refractivity (Wildman–Crippen MR) is 67.9 cm³/mol. The summed E-state index contributed by atoms with van der Waals surface area (Å²) in [5, 5.41) is 9.11. The first-order chi connectivity index (χ1) is 7.80. The molecule has 0 atom stereocenters. The van der Waals surface area contributed by atoms with Gasteiger partial charge in [-0.3, -0.25) is 0 Å². The van der Waals surface area contributed by atoms with E-state index in [4.69, 9.17) is 5.11 Å². The first-order valence-electron chi connectivity index (χ1n) is 5.27. The molecule has 0 aliphatic heterocycles. The summed E-state index contributed by atoms with van der Waals surface area (Å²) >= 11 is 3.25. The van der Waals surface area contributed by atoms with Crippen molar-refractivity contribution in [3.8, 4) is 0 Å². The maximum absolute atomic E-state index is 11.1. The molecule has 0 aromatic carbocycles. The molecule has 0 saturated carbocycles. The summed E-state index contributed by atoms with van der Waals surface area (Å²) < 4.78 is 0.812. The van der Waals surface area contributed by atoms with E-state index in [1.807, 2.05) is 20.8 Å². The molecule has 5 nitrogen and oxygen atoms in total. The standard InChI is InChI=1S/C11H16BrN3O2/c1-11(2,3)15(10(16)17)5-4-9-13-6-8(12)7-14-9/h6-7H,4-5H2,1-3H3,(H,16,17). The van der Waals surface area contributed by atoms with Gasteiger partial charge in [-0.1, -0.05) is 0 Å². The van der Waals surface area contributed by atoms with Crippen LogP contribution < -0.4 is 0 Å². The number of carboxylic acid groups (broad SMARTS) is 1. The Morgan fingerprint density at radius 1 is 1.41 bits per heavy atom. The molecule has 0 aliphatic carbocycles. The minimum atomic E-state index is -0.922. The van der Waals surface area contributed by atoms with Crippen LogP contribution in [0.15, 0.2) is 16.9 Å². The minimum Gasteiger partial charge on any atom is -0.465 e. The SMILES string of the molecule is CC(C)(C)N(CCc1ncc(Br)cn1)C(=O)O. The molecule has 0 aliphatic rings. The molecule has 0 fully saturated rings. The number of rotatable bonds is 3. The van der Waals surface area contributed by atoms with Crippen LogP contribution in [0.3, 0.4) is 0 Å². The summed E-state index contributed by atoms with van der Waals surface area (Å²) in [6.07, 6.45) is 2.90. The van der Waals surface area contributed by atoms with Crippen molar-refractivity contribution in [1.82, 2.24) is 14.9 Å². The first kappa shape index (κ1) is 13.9. The zero-order valence-corrected chi connectivity index (χ0v) is 11.7. The molecule has 94 valence electrons. The van der Waals surface area contributed by atoms with Gasteiger partial charge in [0, 0.05) is 30.9 Å². The largest absolute Gasteiger partial charge is 0.465 e. The quantitative estimate of drug-likeness (QED) is 0.932. The van der Waals surface area contributed by atoms with Crippen molar-refractivity contribution in [3.63, 3.8) is 0 Å². The molecule has 0 radical (unpaired) electrons. The number of aromatic nitrogens is 2. The Labute approximate surface area is 109 Å². The molecule has 1 amide bonds. The van der Waals surface area contributed by atoms with Gasteiger partial charge < -0.3 is 10.0 Å². The third-order valence-electron chi connectivity index (χ3n) is 2.27. The molecule has 1 N–H and O–H groups in total. The molecule has 0 unspecified atom stereocenters. The highest BCUT2D eigenvalue weighted by atomic mass is 79.9. The number of amides is 1. The van der Waals surface area contributed by atoms with E-state index < -0.39 is 11.6 Å². The van der Waals surface area contributed by atoms with Gasteiger partial charge in [-0.2, -0.15) is 0 Å². The number of carbonyl (C=O) groups is 1. The van der Waals surface area contributed by atoms with Crippen LogP contribution in [0.5, 0.6) is 0 Å². The third-order valence-corrected chi connectivity index (χ3v) is 2.68. The molecular formula is C11H16BrN3O2. The van der Waals surface area contributed by atoms with Crippen molar-refractivity contribution in [2.75, 3.05) is 6.54 Å². The van der Waals surface area contributed by atoms with E-state index in [-0.39, 0.29) is 0 Å². The van der Waals surface area contributed by atoms with E-state index in [9.17, 15) is 4.79 Å². The third kappa shape index (κ3) is 4.30. The van der Waals surface area contributed by atoms with Gasteiger partial charge in [-0.05, 0) is 36.7 Å². The smallest absolute Gasteiger partial charge is 0.407 e. The maximum atomic E-state index is 11.1. The van der Waals surface area contributed by atoms with Crippen LogP contribution >= 0.6 is 15.9 Å². The lowest BCUT2D eigenvalue weighted by Crippen LogP contribution is -2.46. The van der Waals surface area contributed by atoms with Crippen molar-refractivity contribution in [3.05, 3.63) is 22.7 Å². The van der Waals surface area contributed by atoms with Crippen molar-refractivity contribution in [2.24, 2.45) is 0 Å². The molecular weight excluding hydrogens is 286 g/mol. The summed E-state index contributed by atoms with van der Waals surface area (Å²) in [7, 11) is 0. The van der Waals surface area contributed by atoms with Gasteiger partial charge in [0.15, 0.2) is 0 Å². The summed E-state index contributed by atoms with van der Waals surface area (Å²) in [4.78, 5) is 20.7. The second kappa shape index (κ2) is 5.44. The summed E-state index contributed by atoms with van der Waals surface area (Å²) in [5.74, 6) is 0.642. The van der Waals surface area contributed by atoms with Crippen LogP contribution in [0.25, 0.3) is 0 Å². The van der Waals surface area contributed by atoms with Crippen LogP contribution in [0.4, 0.5) is 4.79 Å². The van der Waals surface area contributed by atoms with E-state index in [0.717, 1.165) is 4.47 Å². The summed E-state index contributed by atoms with van der Waals surface area (Å²) in [6, 6.07) is 0. The maximum Gasteiger partial charge on any atom is 0.407 e. The van der Waals surface area contributed by atoms with E-state index in [1.54, 1.807) is 12.4 Å². The molecule has 17 heavy (non-hydrogen) atoms.